The molecule has 1 saturated carbocycles. The number of fused-ring (bicyclic) bond motifs is 1. The molecule has 1 aromatic rings. The number of carbonyl (C=O) groups excluding carboxylic acids is 1. The molecule has 3 rings (SSSR count). The summed E-state index contributed by atoms with van der Waals surface area (Å²) < 4.78 is 0. The van der Waals surface area contributed by atoms with Crippen molar-refractivity contribution in [2.75, 3.05) is 5.75 Å². The van der Waals surface area contributed by atoms with Gasteiger partial charge in [0.1, 0.15) is 0 Å². The van der Waals surface area contributed by atoms with Crippen molar-refractivity contribution < 1.29 is 4.79 Å². The Balaban J connectivity index is 1.77. The van der Waals surface area contributed by atoms with Crippen LogP contribution in [0.1, 0.15) is 37.3 Å². The van der Waals surface area contributed by atoms with Gasteiger partial charge in [0, 0.05) is 21.6 Å². The quantitative estimate of drug-likeness (QED) is 0.893. The van der Waals surface area contributed by atoms with E-state index in [0.29, 0.717) is 0 Å². The molecule has 18 heavy (non-hydrogen) atoms. The summed E-state index contributed by atoms with van der Waals surface area (Å²) in [7, 11) is 0. The molecule has 0 radical (unpaired) electrons. The Labute approximate surface area is 116 Å². The number of halogens is 1. The van der Waals surface area contributed by atoms with Gasteiger partial charge >= 0.3 is 0 Å². The normalized spacial score (nSPS) is 23.1. The second-order valence-electron chi connectivity index (χ2n) is 5.01. The molecule has 1 amide bonds. The van der Waals surface area contributed by atoms with Crippen LogP contribution in [0.3, 0.4) is 0 Å². The van der Waals surface area contributed by atoms with E-state index in [0.717, 1.165) is 30.0 Å². The predicted molar refractivity (Wildman–Crippen MR) is 75.0 cm³/mol. The SMILES string of the molecule is O=C(N[C@@H]1CCSc2ccc(Cl)cc21)C1CCC1. The smallest absolute Gasteiger partial charge is 0.223 e. The molecule has 1 aliphatic carbocycles. The van der Waals surface area contributed by atoms with E-state index in [2.05, 4.69) is 11.4 Å². The molecule has 4 heteroatoms. The first-order valence-electron chi connectivity index (χ1n) is 6.46. The Morgan fingerprint density at radius 1 is 1.33 bits per heavy atom. The van der Waals surface area contributed by atoms with Crippen molar-refractivity contribution in [1.82, 2.24) is 5.32 Å². The van der Waals surface area contributed by atoms with Gasteiger partial charge in [0.2, 0.25) is 5.91 Å². The summed E-state index contributed by atoms with van der Waals surface area (Å²) in [6.07, 6.45) is 4.29. The van der Waals surface area contributed by atoms with Crippen LogP contribution in [0, 0.1) is 5.92 Å². The van der Waals surface area contributed by atoms with Crippen molar-refractivity contribution >= 4 is 29.3 Å². The third kappa shape index (κ3) is 2.39. The van der Waals surface area contributed by atoms with Crippen molar-refractivity contribution in [3.63, 3.8) is 0 Å². The van der Waals surface area contributed by atoms with Crippen LogP contribution in [0.2, 0.25) is 5.02 Å². The highest BCUT2D eigenvalue weighted by Crippen LogP contribution is 2.38. The first-order chi connectivity index (χ1) is 8.74. The van der Waals surface area contributed by atoms with Crippen LogP contribution in [0.5, 0.6) is 0 Å². The Kier molecular flexibility index (Phi) is 3.53. The molecule has 2 nitrogen and oxygen atoms in total. The Morgan fingerprint density at radius 2 is 2.17 bits per heavy atom. The number of hydrogen-bond acceptors (Lipinski definition) is 2. The molecule has 1 fully saturated rings. The molecule has 0 aromatic heterocycles. The molecule has 1 heterocycles. The maximum Gasteiger partial charge on any atom is 0.223 e. The summed E-state index contributed by atoms with van der Waals surface area (Å²) in [5.41, 5.74) is 1.19. The minimum atomic E-state index is 0.146. The maximum atomic E-state index is 12.0. The van der Waals surface area contributed by atoms with E-state index in [1.54, 1.807) is 0 Å². The molecule has 1 aromatic carbocycles. The Bertz CT molecular complexity index is 473. The van der Waals surface area contributed by atoms with E-state index >= 15 is 0 Å². The minimum absolute atomic E-state index is 0.146. The standard InChI is InChI=1S/C14H16ClNOS/c15-10-4-5-13-11(8-10)12(6-7-18-13)16-14(17)9-2-1-3-9/h4-5,8-9,12H,1-3,6-7H2,(H,16,17)/t12-/m1/s1. The zero-order valence-electron chi connectivity index (χ0n) is 10.1. The van der Waals surface area contributed by atoms with Crippen molar-refractivity contribution in [2.45, 2.75) is 36.6 Å². The second-order valence-corrected chi connectivity index (χ2v) is 6.58. The first kappa shape index (κ1) is 12.4. The van der Waals surface area contributed by atoms with Crippen molar-refractivity contribution in [3.05, 3.63) is 28.8 Å². The highest BCUT2D eigenvalue weighted by molar-refractivity contribution is 7.99. The summed E-state index contributed by atoms with van der Waals surface area (Å²) in [6, 6.07) is 6.12. The lowest BCUT2D eigenvalue weighted by molar-refractivity contribution is -0.128. The summed E-state index contributed by atoms with van der Waals surface area (Å²) in [4.78, 5) is 13.3. The number of hydrogen-bond donors (Lipinski definition) is 1. The molecule has 1 atom stereocenters. The van der Waals surface area contributed by atoms with Gasteiger partial charge in [0.25, 0.3) is 0 Å². The van der Waals surface area contributed by atoms with Crippen LogP contribution < -0.4 is 5.32 Å². The third-order valence-corrected chi connectivity index (χ3v) is 5.16. The Morgan fingerprint density at radius 3 is 2.89 bits per heavy atom. The van der Waals surface area contributed by atoms with E-state index in [9.17, 15) is 4.79 Å². The largest absolute Gasteiger partial charge is 0.349 e. The molecule has 1 N–H and O–H groups in total. The van der Waals surface area contributed by atoms with Crippen LogP contribution >= 0.6 is 23.4 Å². The highest BCUT2D eigenvalue weighted by atomic mass is 35.5. The molecular formula is C14H16ClNOS. The average Bonchev–Trinajstić information content (AvgIpc) is 2.27. The fourth-order valence-electron chi connectivity index (χ4n) is 2.48. The molecule has 0 bridgehead atoms. The fourth-order valence-corrected chi connectivity index (χ4v) is 3.76. The minimum Gasteiger partial charge on any atom is -0.349 e. The van der Waals surface area contributed by atoms with E-state index in [-0.39, 0.29) is 17.9 Å². The van der Waals surface area contributed by atoms with E-state index < -0.39 is 0 Å². The van der Waals surface area contributed by atoms with Gasteiger partial charge in [0.05, 0.1) is 6.04 Å². The summed E-state index contributed by atoms with van der Waals surface area (Å²) in [5.74, 6) is 1.54. The third-order valence-electron chi connectivity index (χ3n) is 3.80. The van der Waals surface area contributed by atoms with Crippen molar-refractivity contribution in [3.8, 4) is 0 Å². The number of carbonyl (C=O) groups is 1. The van der Waals surface area contributed by atoms with Gasteiger partial charge in [-0.2, -0.15) is 0 Å². The predicted octanol–water partition coefficient (Wildman–Crippen LogP) is 3.79. The van der Waals surface area contributed by atoms with Crippen LogP contribution in [0.4, 0.5) is 0 Å². The maximum absolute atomic E-state index is 12.0. The average molecular weight is 282 g/mol. The summed E-state index contributed by atoms with van der Waals surface area (Å²) in [6.45, 7) is 0. The number of benzene rings is 1. The highest BCUT2D eigenvalue weighted by Gasteiger charge is 2.29. The molecule has 0 unspecified atom stereocenters. The fraction of sp³-hybridized carbons (Fsp3) is 0.500. The molecule has 0 saturated heterocycles. The lowest BCUT2D eigenvalue weighted by Crippen LogP contribution is -2.37. The van der Waals surface area contributed by atoms with E-state index in [4.69, 9.17) is 11.6 Å². The Hall–Kier alpha value is -0.670. The van der Waals surface area contributed by atoms with Gasteiger partial charge < -0.3 is 5.32 Å². The van der Waals surface area contributed by atoms with Crippen molar-refractivity contribution in [2.24, 2.45) is 5.92 Å². The zero-order valence-corrected chi connectivity index (χ0v) is 11.7. The van der Waals surface area contributed by atoms with Gasteiger partial charge in [0.15, 0.2) is 0 Å². The number of thioether (sulfide) groups is 1. The molecule has 1 aliphatic heterocycles. The van der Waals surface area contributed by atoms with E-state index in [1.807, 2.05) is 23.9 Å². The van der Waals surface area contributed by atoms with E-state index in [1.165, 1.54) is 16.9 Å². The summed E-state index contributed by atoms with van der Waals surface area (Å²) in [5, 5.41) is 3.94. The van der Waals surface area contributed by atoms with Crippen LogP contribution in [0.25, 0.3) is 0 Å². The first-order valence-corrected chi connectivity index (χ1v) is 7.83. The molecular weight excluding hydrogens is 266 g/mol. The van der Waals surface area contributed by atoms with Crippen molar-refractivity contribution in [1.29, 1.82) is 0 Å². The topological polar surface area (TPSA) is 29.1 Å². The number of amides is 1. The molecule has 96 valence electrons. The number of nitrogens with one attached hydrogen (secondary N) is 1. The van der Waals surface area contributed by atoms with Crippen LogP contribution in [-0.4, -0.2) is 11.7 Å². The lowest BCUT2D eigenvalue weighted by atomic mass is 9.84. The van der Waals surface area contributed by atoms with Crippen LogP contribution in [-0.2, 0) is 4.79 Å². The van der Waals surface area contributed by atoms with Gasteiger partial charge in [-0.1, -0.05) is 18.0 Å². The summed E-state index contributed by atoms with van der Waals surface area (Å²) >= 11 is 7.90. The van der Waals surface area contributed by atoms with Gasteiger partial charge in [-0.3, -0.25) is 4.79 Å². The lowest BCUT2D eigenvalue weighted by Gasteiger charge is -2.30. The van der Waals surface area contributed by atoms with Gasteiger partial charge in [-0.25, -0.2) is 0 Å². The molecule has 0 spiro atoms. The second kappa shape index (κ2) is 5.14. The van der Waals surface area contributed by atoms with Gasteiger partial charge in [-0.05, 0) is 43.0 Å². The monoisotopic (exact) mass is 281 g/mol. The van der Waals surface area contributed by atoms with Crippen LogP contribution in [0.15, 0.2) is 23.1 Å². The molecule has 2 aliphatic rings. The number of rotatable bonds is 2. The van der Waals surface area contributed by atoms with Gasteiger partial charge in [-0.15, -0.1) is 11.8 Å². The zero-order chi connectivity index (χ0) is 12.5.